The fraction of sp³-hybridized carbons (Fsp3) is 0.917. The summed E-state index contributed by atoms with van der Waals surface area (Å²) in [7, 11) is 0. The van der Waals surface area contributed by atoms with Crippen molar-refractivity contribution in [2.75, 3.05) is 26.2 Å². The summed E-state index contributed by atoms with van der Waals surface area (Å²) in [6.45, 7) is 2.49. The third-order valence-corrected chi connectivity index (χ3v) is 3.52. The van der Waals surface area contributed by atoms with Crippen molar-refractivity contribution in [3.05, 3.63) is 0 Å². The minimum absolute atomic E-state index is 0.0165. The Morgan fingerprint density at radius 2 is 2.41 bits per heavy atom. The quantitative estimate of drug-likeness (QED) is 0.638. The van der Waals surface area contributed by atoms with E-state index in [1.54, 1.807) is 0 Å². The third kappa shape index (κ3) is 3.94. The van der Waals surface area contributed by atoms with E-state index in [2.05, 4.69) is 10.6 Å². The van der Waals surface area contributed by atoms with Gasteiger partial charge in [0, 0.05) is 19.7 Å². The molecule has 2 unspecified atom stereocenters. The van der Waals surface area contributed by atoms with Crippen molar-refractivity contribution < 1.29 is 14.6 Å². The first-order chi connectivity index (χ1) is 8.18. The number of hydrogen-bond donors (Lipinski definition) is 3. The van der Waals surface area contributed by atoms with E-state index in [4.69, 9.17) is 4.74 Å². The molecule has 2 aliphatic rings. The third-order valence-electron chi connectivity index (χ3n) is 3.52. The molecule has 0 radical (unpaired) electrons. The van der Waals surface area contributed by atoms with E-state index in [0.717, 1.165) is 32.4 Å². The van der Waals surface area contributed by atoms with Gasteiger partial charge in [0.15, 0.2) is 0 Å². The van der Waals surface area contributed by atoms with E-state index in [1.165, 1.54) is 0 Å². The lowest BCUT2D eigenvalue weighted by molar-refractivity contribution is -0.126. The van der Waals surface area contributed by atoms with Crippen molar-refractivity contribution in [2.45, 2.75) is 43.8 Å². The molecule has 5 nitrogen and oxygen atoms in total. The van der Waals surface area contributed by atoms with E-state index in [0.29, 0.717) is 25.9 Å². The second-order valence-corrected chi connectivity index (χ2v) is 5.12. The first-order valence-corrected chi connectivity index (χ1v) is 6.49. The Balaban J connectivity index is 1.66. The smallest absolute Gasteiger partial charge is 0.222 e. The Labute approximate surface area is 102 Å². The molecule has 17 heavy (non-hydrogen) atoms. The number of rotatable bonds is 4. The van der Waals surface area contributed by atoms with Gasteiger partial charge in [-0.15, -0.1) is 0 Å². The first-order valence-electron chi connectivity index (χ1n) is 6.49. The molecule has 0 aromatic carbocycles. The van der Waals surface area contributed by atoms with Gasteiger partial charge < -0.3 is 20.5 Å². The summed E-state index contributed by atoms with van der Waals surface area (Å²) in [5, 5.41) is 15.9. The van der Waals surface area contributed by atoms with E-state index < -0.39 is 5.60 Å². The van der Waals surface area contributed by atoms with Crippen LogP contribution in [0.15, 0.2) is 0 Å². The predicted molar refractivity (Wildman–Crippen MR) is 63.7 cm³/mol. The molecular formula is C12H22N2O3. The number of β-amino-alcohol motifs (C(OH)–C–C–N with tert-alkyl or cyclic N) is 1. The summed E-state index contributed by atoms with van der Waals surface area (Å²) in [6.07, 6.45) is 4.41. The normalized spacial score (nSPS) is 33.6. The molecule has 0 bridgehead atoms. The molecule has 2 atom stereocenters. The Morgan fingerprint density at radius 1 is 1.53 bits per heavy atom. The second kappa shape index (κ2) is 5.80. The highest BCUT2D eigenvalue weighted by Gasteiger charge is 2.31. The molecular weight excluding hydrogens is 220 g/mol. The molecule has 3 N–H and O–H groups in total. The van der Waals surface area contributed by atoms with Gasteiger partial charge in [0.25, 0.3) is 0 Å². The van der Waals surface area contributed by atoms with E-state index in [-0.39, 0.29) is 12.0 Å². The number of carbonyl (C=O) groups excluding carboxylic acids is 1. The molecule has 2 aliphatic heterocycles. The van der Waals surface area contributed by atoms with Gasteiger partial charge in [-0.3, -0.25) is 4.79 Å². The zero-order chi connectivity index (χ0) is 12.1. The summed E-state index contributed by atoms with van der Waals surface area (Å²) in [6, 6.07) is 0. The highest BCUT2D eigenvalue weighted by molar-refractivity contribution is 5.76. The Hall–Kier alpha value is -0.650. The van der Waals surface area contributed by atoms with E-state index in [9.17, 15) is 9.90 Å². The van der Waals surface area contributed by atoms with Crippen molar-refractivity contribution in [3.8, 4) is 0 Å². The van der Waals surface area contributed by atoms with Gasteiger partial charge in [0.1, 0.15) is 0 Å². The molecule has 2 heterocycles. The number of ether oxygens (including phenoxy) is 1. The predicted octanol–water partition coefficient (Wildman–Crippen LogP) is -0.214. The summed E-state index contributed by atoms with van der Waals surface area (Å²) >= 11 is 0. The Bertz CT molecular complexity index is 258. The van der Waals surface area contributed by atoms with Crippen LogP contribution in [-0.2, 0) is 9.53 Å². The zero-order valence-corrected chi connectivity index (χ0v) is 10.2. The molecule has 2 rings (SSSR count). The number of hydrogen-bond acceptors (Lipinski definition) is 4. The molecule has 0 aromatic heterocycles. The monoisotopic (exact) mass is 242 g/mol. The van der Waals surface area contributed by atoms with Gasteiger partial charge in [0.2, 0.25) is 5.91 Å². The highest BCUT2D eigenvalue weighted by atomic mass is 16.5. The van der Waals surface area contributed by atoms with E-state index in [1.807, 2.05) is 0 Å². The SMILES string of the molecule is O=C(CC1CCCCO1)NCC1(O)CCNC1. The van der Waals surface area contributed by atoms with Crippen LogP contribution in [0.1, 0.15) is 32.1 Å². The van der Waals surface area contributed by atoms with Gasteiger partial charge in [-0.2, -0.15) is 0 Å². The van der Waals surface area contributed by atoms with Crippen LogP contribution in [0.4, 0.5) is 0 Å². The molecule has 0 aliphatic carbocycles. The van der Waals surface area contributed by atoms with Gasteiger partial charge in [-0.25, -0.2) is 0 Å². The van der Waals surface area contributed by atoms with Crippen LogP contribution in [0.2, 0.25) is 0 Å². The molecule has 0 spiro atoms. The molecule has 2 saturated heterocycles. The van der Waals surface area contributed by atoms with Crippen LogP contribution < -0.4 is 10.6 Å². The van der Waals surface area contributed by atoms with Gasteiger partial charge in [-0.1, -0.05) is 0 Å². The van der Waals surface area contributed by atoms with Crippen LogP contribution in [0.25, 0.3) is 0 Å². The number of nitrogens with one attached hydrogen (secondary N) is 2. The standard InChI is InChI=1S/C12H22N2O3/c15-11(7-10-3-1-2-6-17-10)14-9-12(16)4-5-13-8-12/h10,13,16H,1-9H2,(H,14,15). The lowest BCUT2D eigenvalue weighted by Gasteiger charge is -2.24. The lowest BCUT2D eigenvalue weighted by atomic mass is 10.0. The van der Waals surface area contributed by atoms with Crippen LogP contribution in [0.3, 0.4) is 0 Å². The van der Waals surface area contributed by atoms with Crippen molar-refractivity contribution in [3.63, 3.8) is 0 Å². The van der Waals surface area contributed by atoms with Crippen molar-refractivity contribution in [1.82, 2.24) is 10.6 Å². The molecule has 0 saturated carbocycles. The van der Waals surface area contributed by atoms with Crippen LogP contribution in [0.5, 0.6) is 0 Å². The minimum atomic E-state index is -0.761. The minimum Gasteiger partial charge on any atom is -0.387 e. The number of amides is 1. The van der Waals surface area contributed by atoms with Crippen molar-refractivity contribution in [1.29, 1.82) is 0 Å². The summed E-state index contributed by atoms with van der Waals surface area (Å²) in [5.74, 6) is -0.0165. The molecule has 0 aromatic rings. The maximum absolute atomic E-state index is 11.7. The number of carbonyl (C=O) groups is 1. The average molecular weight is 242 g/mol. The molecule has 1 amide bonds. The highest BCUT2D eigenvalue weighted by Crippen LogP contribution is 2.16. The lowest BCUT2D eigenvalue weighted by Crippen LogP contribution is -2.45. The largest absolute Gasteiger partial charge is 0.387 e. The van der Waals surface area contributed by atoms with Gasteiger partial charge in [-0.05, 0) is 32.2 Å². The topological polar surface area (TPSA) is 70.6 Å². The second-order valence-electron chi connectivity index (χ2n) is 5.12. The molecule has 2 fully saturated rings. The van der Waals surface area contributed by atoms with Gasteiger partial charge in [0.05, 0.1) is 18.1 Å². The maximum Gasteiger partial charge on any atom is 0.222 e. The Morgan fingerprint density at radius 3 is 3.06 bits per heavy atom. The fourth-order valence-corrected chi connectivity index (χ4v) is 2.39. The summed E-state index contributed by atoms with van der Waals surface area (Å²) in [4.78, 5) is 11.7. The average Bonchev–Trinajstić information content (AvgIpc) is 2.76. The van der Waals surface area contributed by atoms with Crippen LogP contribution in [0, 0.1) is 0 Å². The first kappa shape index (κ1) is 12.8. The van der Waals surface area contributed by atoms with Crippen molar-refractivity contribution in [2.24, 2.45) is 0 Å². The summed E-state index contributed by atoms with van der Waals surface area (Å²) < 4.78 is 5.51. The Kier molecular flexibility index (Phi) is 4.36. The fourth-order valence-electron chi connectivity index (χ4n) is 2.39. The number of aliphatic hydroxyl groups is 1. The molecule has 5 heteroatoms. The molecule has 98 valence electrons. The van der Waals surface area contributed by atoms with E-state index >= 15 is 0 Å². The maximum atomic E-state index is 11.7. The van der Waals surface area contributed by atoms with Gasteiger partial charge >= 0.3 is 0 Å². The van der Waals surface area contributed by atoms with Crippen LogP contribution in [-0.4, -0.2) is 49.0 Å². The van der Waals surface area contributed by atoms with Crippen LogP contribution >= 0.6 is 0 Å². The zero-order valence-electron chi connectivity index (χ0n) is 10.2. The summed E-state index contributed by atoms with van der Waals surface area (Å²) in [5.41, 5.74) is -0.761. The van der Waals surface area contributed by atoms with Crippen molar-refractivity contribution >= 4 is 5.91 Å².